The normalized spacial score (nSPS) is 12.7. The number of nitrogens with zero attached hydrogens (tertiary/aromatic N) is 1. The molecule has 0 aliphatic heterocycles. The van der Waals surface area contributed by atoms with Gasteiger partial charge in [-0.05, 0) is 68.1 Å². The molecule has 4 aromatic carbocycles. The van der Waals surface area contributed by atoms with Crippen molar-refractivity contribution in [3.8, 4) is 0 Å². The lowest BCUT2D eigenvalue weighted by atomic mass is 9.98. The first-order valence-electron chi connectivity index (χ1n) is 15.2. The zero-order valence-corrected chi connectivity index (χ0v) is 26.3. The van der Waals surface area contributed by atoms with Crippen LogP contribution >= 0.6 is 0 Å². The summed E-state index contributed by atoms with van der Waals surface area (Å²) in [6, 6.07) is 29.0. The second-order valence-corrected chi connectivity index (χ2v) is 12.1. The number of amides is 3. The van der Waals surface area contributed by atoms with Crippen molar-refractivity contribution in [3.05, 3.63) is 114 Å². The molecule has 0 aromatic heterocycles. The van der Waals surface area contributed by atoms with Crippen LogP contribution in [-0.2, 0) is 20.7 Å². The summed E-state index contributed by atoms with van der Waals surface area (Å²) in [5.74, 6) is -0.681. The van der Waals surface area contributed by atoms with Gasteiger partial charge in [-0.3, -0.25) is 9.59 Å². The molecule has 0 fully saturated rings. The van der Waals surface area contributed by atoms with Gasteiger partial charge >= 0.3 is 6.09 Å². The molecule has 0 saturated carbocycles. The topological polar surface area (TPSA) is 87.7 Å². The molecule has 2 N–H and O–H groups in total. The monoisotopic (exact) mass is 593 g/mol. The quantitative estimate of drug-likeness (QED) is 0.188. The Bertz CT molecular complexity index is 1580. The van der Waals surface area contributed by atoms with Crippen molar-refractivity contribution >= 4 is 34.4 Å². The van der Waals surface area contributed by atoms with Gasteiger partial charge in [0.1, 0.15) is 17.7 Å². The van der Waals surface area contributed by atoms with Crippen LogP contribution in [0.1, 0.15) is 63.3 Å². The van der Waals surface area contributed by atoms with E-state index in [1.807, 2.05) is 111 Å². The van der Waals surface area contributed by atoms with Crippen molar-refractivity contribution < 1.29 is 19.1 Å². The average molecular weight is 594 g/mol. The van der Waals surface area contributed by atoms with Gasteiger partial charge in [-0.15, -0.1) is 0 Å². The Labute approximate surface area is 260 Å². The number of rotatable bonds is 11. The number of hydrogen-bond acceptors (Lipinski definition) is 4. The van der Waals surface area contributed by atoms with Gasteiger partial charge in [0.25, 0.3) is 5.91 Å². The molecule has 2 atom stereocenters. The minimum Gasteiger partial charge on any atom is -0.444 e. The lowest BCUT2D eigenvalue weighted by Crippen LogP contribution is -2.53. The molecule has 0 aliphatic rings. The summed E-state index contributed by atoms with van der Waals surface area (Å²) in [6.45, 7) is 9.67. The van der Waals surface area contributed by atoms with Gasteiger partial charge < -0.3 is 20.3 Å². The molecule has 7 nitrogen and oxygen atoms in total. The van der Waals surface area contributed by atoms with Gasteiger partial charge in [-0.25, -0.2) is 4.79 Å². The molecular weight excluding hydrogens is 550 g/mol. The number of carbonyl (C=O) groups excluding carboxylic acids is 3. The lowest BCUT2D eigenvalue weighted by molar-refractivity contribution is -0.140. The molecule has 4 aromatic rings. The number of fused-ring (bicyclic) bond motifs is 1. The molecule has 0 bridgehead atoms. The van der Waals surface area contributed by atoms with E-state index in [-0.39, 0.29) is 18.2 Å². The van der Waals surface area contributed by atoms with E-state index in [9.17, 15) is 14.4 Å². The predicted octanol–water partition coefficient (Wildman–Crippen LogP) is 7.59. The smallest absolute Gasteiger partial charge is 0.408 e. The zero-order valence-electron chi connectivity index (χ0n) is 26.3. The van der Waals surface area contributed by atoms with E-state index in [0.29, 0.717) is 24.2 Å². The second kappa shape index (κ2) is 14.7. The predicted molar refractivity (Wildman–Crippen MR) is 176 cm³/mol. The van der Waals surface area contributed by atoms with Crippen LogP contribution in [0, 0.1) is 6.92 Å². The van der Waals surface area contributed by atoms with Gasteiger partial charge in [0.15, 0.2) is 0 Å². The van der Waals surface area contributed by atoms with E-state index in [2.05, 4.69) is 10.6 Å². The fourth-order valence-electron chi connectivity index (χ4n) is 5.19. The van der Waals surface area contributed by atoms with Crippen molar-refractivity contribution in [2.24, 2.45) is 0 Å². The maximum atomic E-state index is 14.6. The van der Waals surface area contributed by atoms with Crippen LogP contribution in [0.5, 0.6) is 0 Å². The van der Waals surface area contributed by atoms with E-state index < -0.39 is 23.8 Å². The summed E-state index contributed by atoms with van der Waals surface area (Å²) in [5, 5.41) is 7.97. The number of aryl methyl sites for hydroxylation is 1. The number of benzene rings is 4. The van der Waals surface area contributed by atoms with Gasteiger partial charge in [0.05, 0.1) is 0 Å². The highest BCUT2D eigenvalue weighted by Crippen LogP contribution is 2.27. The summed E-state index contributed by atoms with van der Waals surface area (Å²) in [7, 11) is 0. The number of anilines is 1. The highest BCUT2D eigenvalue weighted by atomic mass is 16.6. The molecule has 0 aliphatic carbocycles. The van der Waals surface area contributed by atoms with E-state index in [0.717, 1.165) is 28.3 Å². The fraction of sp³-hybridized carbons (Fsp3) is 0.324. The maximum Gasteiger partial charge on any atom is 0.408 e. The van der Waals surface area contributed by atoms with E-state index >= 15 is 0 Å². The Balaban J connectivity index is 1.73. The number of hydrogen-bond donors (Lipinski definition) is 2. The fourth-order valence-corrected chi connectivity index (χ4v) is 5.19. The minimum atomic E-state index is -0.954. The molecule has 7 heteroatoms. The first-order chi connectivity index (χ1) is 21.0. The lowest BCUT2D eigenvalue weighted by Gasteiger charge is -2.34. The summed E-state index contributed by atoms with van der Waals surface area (Å²) in [4.78, 5) is 43.4. The van der Waals surface area contributed by atoms with Crippen molar-refractivity contribution in [3.63, 3.8) is 0 Å². The van der Waals surface area contributed by atoms with Gasteiger partial charge in [0.2, 0.25) is 5.91 Å². The van der Waals surface area contributed by atoms with Crippen LogP contribution in [0.25, 0.3) is 10.8 Å². The summed E-state index contributed by atoms with van der Waals surface area (Å²) in [5.41, 5.74) is 2.45. The number of alkyl carbamates (subject to hydrolysis) is 1. The molecule has 0 saturated heterocycles. The molecule has 4 rings (SSSR count). The standard InChI is InChI=1S/C37H43N3O4/c1-6-7-22-40(35(42)32(24-27-15-9-8-10-16-27)39-36(43)44-37(3,4)5)33(30-19-13-14-26(2)23-30)34(41)38-31-21-20-28-17-11-12-18-29(28)25-31/h8-21,23,25,32-33H,6-7,22,24H2,1-5H3,(H,38,41)(H,39,43). The zero-order chi connectivity index (χ0) is 31.7. The van der Waals surface area contributed by atoms with Crippen molar-refractivity contribution in [2.45, 2.75) is 71.6 Å². The van der Waals surface area contributed by atoms with Crippen LogP contribution in [-0.4, -0.2) is 41.0 Å². The summed E-state index contributed by atoms with van der Waals surface area (Å²) < 4.78 is 5.54. The highest BCUT2D eigenvalue weighted by molar-refractivity contribution is 6.00. The Morgan fingerprint density at radius 3 is 2.23 bits per heavy atom. The number of nitrogens with one attached hydrogen (secondary N) is 2. The number of ether oxygens (including phenoxy) is 1. The Morgan fingerprint density at radius 1 is 0.841 bits per heavy atom. The third-order valence-corrected chi connectivity index (χ3v) is 7.24. The van der Waals surface area contributed by atoms with E-state index in [1.54, 1.807) is 25.7 Å². The molecule has 0 spiro atoms. The van der Waals surface area contributed by atoms with Gasteiger partial charge in [0, 0.05) is 18.7 Å². The summed E-state index contributed by atoms with van der Waals surface area (Å²) >= 11 is 0. The third kappa shape index (κ3) is 8.93. The SMILES string of the molecule is CCCCN(C(=O)C(Cc1ccccc1)NC(=O)OC(C)(C)C)C(C(=O)Nc1ccc2ccccc2c1)c1cccc(C)c1. The van der Waals surface area contributed by atoms with Crippen molar-refractivity contribution in [1.29, 1.82) is 0 Å². The van der Waals surface area contributed by atoms with E-state index in [1.165, 1.54) is 0 Å². The van der Waals surface area contributed by atoms with Crippen LogP contribution in [0.15, 0.2) is 97.1 Å². The van der Waals surface area contributed by atoms with Crippen molar-refractivity contribution in [2.75, 3.05) is 11.9 Å². The Kier molecular flexibility index (Phi) is 10.8. The Morgan fingerprint density at radius 2 is 1.55 bits per heavy atom. The number of unbranched alkanes of at least 4 members (excludes halogenated alkanes) is 1. The molecule has 0 radical (unpaired) electrons. The molecule has 230 valence electrons. The maximum absolute atomic E-state index is 14.6. The number of carbonyl (C=O) groups is 3. The van der Waals surface area contributed by atoms with Gasteiger partial charge in [-0.1, -0.05) is 104 Å². The van der Waals surface area contributed by atoms with Gasteiger partial charge in [-0.2, -0.15) is 0 Å². The highest BCUT2D eigenvalue weighted by Gasteiger charge is 2.36. The average Bonchev–Trinajstić information content (AvgIpc) is 2.98. The third-order valence-electron chi connectivity index (χ3n) is 7.24. The minimum absolute atomic E-state index is 0.244. The van der Waals surface area contributed by atoms with Crippen LogP contribution in [0.3, 0.4) is 0 Å². The second-order valence-electron chi connectivity index (χ2n) is 12.1. The molecule has 3 amide bonds. The largest absolute Gasteiger partial charge is 0.444 e. The van der Waals surface area contributed by atoms with Crippen LogP contribution < -0.4 is 10.6 Å². The van der Waals surface area contributed by atoms with Crippen LogP contribution in [0.4, 0.5) is 10.5 Å². The molecule has 2 unspecified atom stereocenters. The van der Waals surface area contributed by atoms with Crippen LogP contribution in [0.2, 0.25) is 0 Å². The summed E-state index contributed by atoms with van der Waals surface area (Å²) in [6.07, 6.45) is 1.06. The first-order valence-corrected chi connectivity index (χ1v) is 15.2. The van der Waals surface area contributed by atoms with Crippen molar-refractivity contribution in [1.82, 2.24) is 10.2 Å². The first kappa shape index (κ1) is 32.3. The molecule has 44 heavy (non-hydrogen) atoms. The van der Waals surface area contributed by atoms with E-state index in [4.69, 9.17) is 4.74 Å². The molecular formula is C37H43N3O4. The molecule has 0 heterocycles. The Hall–Kier alpha value is -4.65.